The molecule has 0 fully saturated rings. The van der Waals surface area contributed by atoms with Crippen LogP contribution in [0.2, 0.25) is 0 Å². The summed E-state index contributed by atoms with van der Waals surface area (Å²) in [4.78, 5) is 13.7. The van der Waals surface area contributed by atoms with Crippen molar-refractivity contribution in [2.24, 2.45) is 7.05 Å². The number of carbonyl (C=O) groups excluding carboxylic acids is 1. The van der Waals surface area contributed by atoms with Gasteiger partial charge in [-0.25, -0.2) is 0 Å². The minimum atomic E-state index is -0.119. The Kier molecular flexibility index (Phi) is 5.11. The number of carbonyl (C=O) groups is 1. The summed E-state index contributed by atoms with van der Waals surface area (Å²) >= 11 is 1.69. The molecule has 0 saturated heterocycles. The summed E-state index contributed by atoms with van der Waals surface area (Å²) in [7, 11) is 1.93. The molecule has 5 heteroatoms. The lowest BCUT2D eigenvalue weighted by atomic mass is 9.96. The van der Waals surface area contributed by atoms with Crippen molar-refractivity contribution in [3.05, 3.63) is 65.2 Å². The van der Waals surface area contributed by atoms with Crippen LogP contribution in [0.15, 0.2) is 53.9 Å². The Balaban J connectivity index is 1.67. The number of hydrogen-bond acceptors (Lipinski definition) is 3. The Hall–Kier alpha value is -2.40. The van der Waals surface area contributed by atoms with Gasteiger partial charge in [0.15, 0.2) is 0 Å². The van der Waals surface area contributed by atoms with Crippen LogP contribution in [0.5, 0.6) is 0 Å². The van der Waals surface area contributed by atoms with Crippen molar-refractivity contribution in [1.29, 1.82) is 0 Å². The number of rotatable bonds is 6. The maximum Gasteiger partial charge on any atom is 0.227 e. The van der Waals surface area contributed by atoms with Gasteiger partial charge in [0, 0.05) is 7.05 Å². The Morgan fingerprint density at radius 2 is 2.04 bits per heavy atom. The first-order chi connectivity index (χ1) is 11.7. The van der Waals surface area contributed by atoms with Crippen molar-refractivity contribution < 1.29 is 4.79 Å². The van der Waals surface area contributed by atoms with E-state index in [-0.39, 0.29) is 11.8 Å². The molecular weight excluding hydrogens is 318 g/mol. The minimum absolute atomic E-state index is 0.0482. The molecule has 0 spiro atoms. The number of aromatic nitrogens is 2. The van der Waals surface area contributed by atoms with Gasteiger partial charge in [0.1, 0.15) is 0 Å². The van der Waals surface area contributed by atoms with Crippen molar-refractivity contribution in [1.82, 2.24) is 15.1 Å². The van der Waals surface area contributed by atoms with Crippen LogP contribution >= 0.6 is 11.3 Å². The van der Waals surface area contributed by atoms with Crippen LogP contribution in [-0.2, 0) is 18.4 Å². The van der Waals surface area contributed by atoms with Gasteiger partial charge in [-0.15, -0.1) is 11.3 Å². The standard InChI is InChI=1S/C19H21N3OS/c1-3-16(14-8-5-4-6-9-14)19(23)20-13-15-12-17(22(2)21-15)18-10-7-11-24-18/h4-12,16H,3,13H2,1-2H3,(H,20,23). The average molecular weight is 339 g/mol. The predicted molar refractivity (Wildman–Crippen MR) is 97.8 cm³/mol. The smallest absolute Gasteiger partial charge is 0.227 e. The molecule has 0 aliphatic rings. The highest BCUT2D eigenvalue weighted by Crippen LogP contribution is 2.25. The highest BCUT2D eigenvalue weighted by Gasteiger charge is 2.18. The monoisotopic (exact) mass is 339 g/mol. The number of nitrogens with zero attached hydrogens (tertiary/aromatic N) is 2. The van der Waals surface area contributed by atoms with E-state index in [0.717, 1.165) is 23.4 Å². The maximum absolute atomic E-state index is 12.5. The zero-order valence-electron chi connectivity index (χ0n) is 13.9. The molecule has 2 heterocycles. The van der Waals surface area contributed by atoms with Gasteiger partial charge >= 0.3 is 0 Å². The van der Waals surface area contributed by atoms with Crippen LogP contribution in [0, 0.1) is 0 Å². The van der Waals surface area contributed by atoms with Crippen LogP contribution in [0.3, 0.4) is 0 Å². The molecule has 0 radical (unpaired) electrons. The summed E-state index contributed by atoms with van der Waals surface area (Å²) in [6.07, 6.45) is 0.776. The topological polar surface area (TPSA) is 46.9 Å². The molecule has 2 aromatic heterocycles. The number of thiophene rings is 1. The first-order valence-electron chi connectivity index (χ1n) is 8.08. The quantitative estimate of drug-likeness (QED) is 0.739. The third kappa shape index (κ3) is 3.57. The first-order valence-corrected chi connectivity index (χ1v) is 8.96. The van der Waals surface area contributed by atoms with E-state index in [1.807, 2.05) is 61.1 Å². The second kappa shape index (κ2) is 7.45. The zero-order chi connectivity index (χ0) is 16.9. The van der Waals surface area contributed by atoms with E-state index in [2.05, 4.69) is 21.9 Å². The molecule has 0 bridgehead atoms. The fourth-order valence-corrected chi connectivity index (χ4v) is 3.60. The van der Waals surface area contributed by atoms with E-state index >= 15 is 0 Å². The molecule has 1 aromatic carbocycles. The fraction of sp³-hybridized carbons (Fsp3) is 0.263. The average Bonchev–Trinajstić information content (AvgIpc) is 3.24. The molecule has 1 unspecified atom stereocenters. The molecule has 0 aliphatic heterocycles. The zero-order valence-corrected chi connectivity index (χ0v) is 14.7. The molecule has 24 heavy (non-hydrogen) atoms. The third-order valence-corrected chi connectivity index (χ3v) is 4.97. The fourth-order valence-electron chi connectivity index (χ4n) is 2.83. The minimum Gasteiger partial charge on any atom is -0.350 e. The van der Waals surface area contributed by atoms with Crippen LogP contribution in [0.4, 0.5) is 0 Å². The maximum atomic E-state index is 12.5. The Labute approximate surface area is 146 Å². The van der Waals surface area contributed by atoms with Gasteiger partial charge in [-0.05, 0) is 29.5 Å². The van der Waals surface area contributed by atoms with Crippen molar-refractivity contribution in [3.8, 4) is 10.6 Å². The van der Waals surface area contributed by atoms with Crippen molar-refractivity contribution in [2.45, 2.75) is 25.8 Å². The highest BCUT2D eigenvalue weighted by atomic mass is 32.1. The summed E-state index contributed by atoms with van der Waals surface area (Å²) in [6.45, 7) is 2.48. The van der Waals surface area contributed by atoms with Crippen LogP contribution in [0.1, 0.15) is 30.5 Å². The Morgan fingerprint density at radius 1 is 1.25 bits per heavy atom. The first kappa shape index (κ1) is 16.5. The molecule has 1 amide bonds. The van der Waals surface area contributed by atoms with Gasteiger partial charge < -0.3 is 5.32 Å². The van der Waals surface area contributed by atoms with E-state index in [4.69, 9.17) is 0 Å². The van der Waals surface area contributed by atoms with E-state index in [1.54, 1.807) is 11.3 Å². The summed E-state index contributed by atoms with van der Waals surface area (Å²) in [5, 5.41) is 9.58. The molecule has 3 aromatic rings. The SMILES string of the molecule is CCC(C(=O)NCc1cc(-c2cccs2)n(C)n1)c1ccccc1. The Morgan fingerprint density at radius 3 is 2.71 bits per heavy atom. The van der Waals surface area contributed by atoms with Gasteiger partial charge in [-0.1, -0.05) is 43.3 Å². The second-order valence-corrected chi connectivity index (χ2v) is 6.66. The molecule has 1 atom stereocenters. The summed E-state index contributed by atoms with van der Waals surface area (Å²) in [6, 6.07) is 16.1. The lowest BCUT2D eigenvalue weighted by Gasteiger charge is -2.14. The van der Waals surface area contributed by atoms with Gasteiger partial charge in [0.25, 0.3) is 0 Å². The van der Waals surface area contributed by atoms with Crippen molar-refractivity contribution >= 4 is 17.2 Å². The number of hydrogen-bond donors (Lipinski definition) is 1. The van der Waals surface area contributed by atoms with E-state index in [1.165, 1.54) is 4.88 Å². The normalized spacial score (nSPS) is 12.1. The third-order valence-electron chi connectivity index (χ3n) is 4.07. The molecule has 124 valence electrons. The van der Waals surface area contributed by atoms with Crippen LogP contribution in [-0.4, -0.2) is 15.7 Å². The van der Waals surface area contributed by atoms with Crippen LogP contribution in [0.25, 0.3) is 10.6 Å². The highest BCUT2D eigenvalue weighted by molar-refractivity contribution is 7.13. The Bertz CT molecular complexity index is 793. The molecular formula is C19H21N3OS. The van der Waals surface area contributed by atoms with Gasteiger partial charge in [-0.2, -0.15) is 5.10 Å². The van der Waals surface area contributed by atoms with Crippen molar-refractivity contribution in [2.75, 3.05) is 0 Å². The second-order valence-electron chi connectivity index (χ2n) is 5.71. The number of amides is 1. The van der Waals surface area contributed by atoms with E-state index < -0.39 is 0 Å². The molecule has 0 aliphatic carbocycles. The summed E-state index contributed by atoms with van der Waals surface area (Å²) < 4.78 is 1.86. The summed E-state index contributed by atoms with van der Waals surface area (Å²) in [5.41, 5.74) is 3.00. The van der Waals surface area contributed by atoms with E-state index in [0.29, 0.717) is 6.54 Å². The lowest BCUT2D eigenvalue weighted by molar-refractivity contribution is -0.122. The molecule has 1 N–H and O–H groups in total. The number of aryl methyl sites for hydroxylation is 1. The van der Waals surface area contributed by atoms with Crippen LogP contribution < -0.4 is 5.32 Å². The molecule has 0 saturated carbocycles. The lowest BCUT2D eigenvalue weighted by Crippen LogP contribution is -2.28. The van der Waals surface area contributed by atoms with Crippen molar-refractivity contribution in [3.63, 3.8) is 0 Å². The molecule has 3 rings (SSSR count). The van der Waals surface area contributed by atoms with Gasteiger partial charge in [0.05, 0.1) is 28.7 Å². The van der Waals surface area contributed by atoms with E-state index in [9.17, 15) is 4.79 Å². The number of nitrogens with one attached hydrogen (secondary N) is 1. The molecule has 4 nitrogen and oxygen atoms in total. The largest absolute Gasteiger partial charge is 0.350 e. The summed E-state index contributed by atoms with van der Waals surface area (Å²) in [5.74, 6) is -0.0706. The number of benzene rings is 1. The van der Waals surface area contributed by atoms with Gasteiger partial charge in [0.2, 0.25) is 5.91 Å². The van der Waals surface area contributed by atoms with Gasteiger partial charge in [-0.3, -0.25) is 9.48 Å². The predicted octanol–water partition coefficient (Wildman–Crippen LogP) is 3.96.